The van der Waals surface area contributed by atoms with E-state index in [1.807, 2.05) is 0 Å². The molecule has 1 saturated heterocycles. The molecule has 0 aromatic rings. The van der Waals surface area contributed by atoms with Gasteiger partial charge in [-0.2, -0.15) is 5.26 Å². The summed E-state index contributed by atoms with van der Waals surface area (Å²) in [4.78, 5) is 14.0. The molecule has 0 aromatic carbocycles. The van der Waals surface area contributed by atoms with Crippen LogP contribution < -0.4 is 10.6 Å². The number of amides is 1. The minimum absolute atomic E-state index is 0.0344. The van der Waals surface area contributed by atoms with Gasteiger partial charge in [0.05, 0.1) is 18.0 Å². The standard InChI is InChI=1S/C14H24N4O/c1-16-14(19)11-3-2-7-18(10-11)8-6-13(9-15)17-12-4-5-12/h11-13,17H,2-8,10H2,1H3,(H,16,19). The maximum Gasteiger partial charge on any atom is 0.224 e. The van der Waals surface area contributed by atoms with Gasteiger partial charge in [0, 0.05) is 26.2 Å². The molecular formula is C14H24N4O. The second kappa shape index (κ2) is 6.88. The van der Waals surface area contributed by atoms with Gasteiger partial charge in [0.15, 0.2) is 0 Å². The van der Waals surface area contributed by atoms with E-state index in [4.69, 9.17) is 5.26 Å². The molecule has 1 amide bonds. The number of hydrogen-bond donors (Lipinski definition) is 2. The number of carbonyl (C=O) groups is 1. The fourth-order valence-corrected chi connectivity index (χ4v) is 2.71. The van der Waals surface area contributed by atoms with Crippen molar-refractivity contribution in [1.29, 1.82) is 5.26 Å². The van der Waals surface area contributed by atoms with E-state index in [0.29, 0.717) is 6.04 Å². The Kier molecular flexibility index (Phi) is 5.17. The Morgan fingerprint density at radius 3 is 2.89 bits per heavy atom. The quantitative estimate of drug-likeness (QED) is 0.732. The van der Waals surface area contributed by atoms with Crippen molar-refractivity contribution in [3.05, 3.63) is 0 Å². The number of nitriles is 1. The topological polar surface area (TPSA) is 68.2 Å². The second-order valence-corrected chi connectivity index (χ2v) is 5.67. The predicted molar refractivity (Wildman–Crippen MR) is 73.4 cm³/mol. The Labute approximate surface area is 115 Å². The lowest BCUT2D eigenvalue weighted by atomic mass is 9.97. The fourth-order valence-electron chi connectivity index (χ4n) is 2.71. The molecule has 0 aromatic heterocycles. The highest BCUT2D eigenvalue weighted by molar-refractivity contribution is 5.78. The average Bonchev–Trinajstić information content (AvgIpc) is 3.26. The summed E-state index contributed by atoms with van der Waals surface area (Å²) in [6, 6.07) is 2.88. The van der Waals surface area contributed by atoms with Gasteiger partial charge in [-0.25, -0.2) is 0 Å². The van der Waals surface area contributed by atoms with Crippen LogP contribution in [0.5, 0.6) is 0 Å². The molecule has 5 heteroatoms. The highest BCUT2D eigenvalue weighted by atomic mass is 16.1. The van der Waals surface area contributed by atoms with Crippen molar-refractivity contribution in [2.75, 3.05) is 26.7 Å². The molecule has 2 rings (SSSR count). The normalized spacial score (nSPS) is 25.6. The van der Waals surface area contributed by atoms with E-state index < -0.39 is 0 Å². The average molecular weight is 264 g/mol. The van der Waals surface area contributed by atoms with Crippen LogP contribution in [0.4, 0.5) is 0 Å². The number of piperidine rings is 1. The van der Waals surface area contributed by atoms with Gasteiger partial charge in [0.2, 0.25) is 5.91 Å². The molecule has 2 N–H and O–H groups in total. The third-order valence-corrected chi connectivity index (χ3v) is 4.03. The fraction of sp³-hybridized carbons (Fsp3) is 0.857. The van der Waals surface area contributed by atoms with Crippen LogP contribution in [0, 0.1) is 17.2 Å². The summed E-state index contributed by atoms with van der Waals surface area (Å²) in [6.45, 7) is 2.79. The van der Waals surface area contributed by atoms with Crippen molar-refractivity contribution in [2.45, 2.75) is 44.2 Å². The first-order valence-corrected chi connectivity index (χ1v) is 7.32. The van der Waals surface area contributed by atoms with Crippen LogP contribution in [-0.2, 0) is 4.79 Å². The summed E-state index contributed by atoms with van der Waals surface area (Å²) >= 11 is 0. The van der Waals surface area contributed by atoms with Crippen molar-refractivity contribution < 1.29 is 4.79 Å². The SMILES string of the molecule is CNC(=O)C1CCCN(CCC(C#N)NC2CC2)C1. The van der Waals surface area contributed by atoms with Gasteiger partial charge in [0.25, 0.3) is 0 Å². The lowest BCUT2D eigenvalue weighted by Crippen LogP contribution is -2.43. The zero-order valence-corrected chi connectivity index (χ0v) is 11.7. The summed E-state index contributed by atoms with van der Waals surface area (Å²) in [5.41, 5.74) is 0. The van der Waals surface area contributed by atoms with Gasteiger partial charge < -0.3 is 10.2 Å². The molecule has 1 heterocycles. The van der Waals surface area contributed by atoms with E-state index in [0.717, 1.165) is 38.9 Å². The molecule has 2 aliphatic rings. The van der Waals surface area contributed by atoms with Crippen molar-refractivity contribution in [1.82, 2.24) is 15.5 Å². The van der Waals surface area contributed by atoms with Crippen molar-refractivity contribution in [3.8, 4) is 6.07 Å². The molecule has 106 valence electrons. The Hall–Kier alpha value is -1.12. The molecular weight excluding hydrogens is 240 g/mol. The smallest absolute Gasteiger partial charge is 0.224 e. The summed E-state index contributed by atoms with van der Waals surface area (Å²) in [5, 5.41) is 15.2. The van der Waals surface area contributed by atoms with Gasteiger partial charge in [-0.15, -0.1) is 0 Å². The Morgan fingerprint density at radius 2 is 2.26 bits per heavy atom. The van der Waals surface area contributed by atoms with Crippen molar-refractivity contribution >= 4 is 5.91 Å². The maximum absolute atomic E-state index is 11.7. The largest absolute Gasteiger partial charge is 0.359 e. The Morgan fingerprint density at radius 1 is 1.47 bits per heavy atom. The van der Waals surface area contributed by atoms with Crippen LogP contribution in [0.25, 0.3) is 0 Å². The molecule has 0 bridgehead atoms. The van der Waals surface area contributed by atoms with Crippen LogP contribution in [-0.4, -0.2) is 49.6 Å². The number of rotatable bonds is 6. The highest BCUT2D eigenvalue weighted by Crippen LogP contribution is 2.20. The molecule has 1 saturated carbocycles. The summed E-state index contributed by atoms with van der Waals surface area (Å²) in [5.74, 6) is 0.272. The van der Waals surface area contributed by atoms with Crippen LogP contribution in [0.15, 0.2) is 0 Å². The first-order chi connectivity index (χ1) is 9.22. The number of nitrogens with zero attached hydrogens (tertiary/aromatic N) is 2. The lowest BCUT2D eigenvalue weighted by molar-refractivity contribution is -0.126. The van der Waals surface area contributed by atoms with E-state index in [9.17, 15) is 4.79 Å². The number of carbonyl (C=O) groups excluding carboxylic acids is 1. The summed E-state index contributed by atoms with van der Waals surface area (Å²) in [7, 11) is 1.70. The lowest BCUT2D eigenvalue weighted by Gasteiger charge is -2.32. The Balaban J connectivity index is 1.72. The van der Waals surface area contributed by atoms with Gasteiger partial charge in [0.1, 0.15) is 0 Å². The third kappa shape index (κ3) is 4.48. The van der Waals surface area contributed by atoms with Crippen molar-refractivity contribution in [2.24, 2.45) is 5.92 Å². The number of hydrogen-bond acceptors (Lipinski definition) is 4. The minimum atomic E-state index is -0.0344. The van der Waals surface area contributed by atoms with Crippen LogP contribution in [0.3, 0.4) is 0 Å². The van der Waals surface area contributed by atoms with E-state index in [1.54, 1.807) is 7.05 Å². The highest BCUT2D eigenvalue weighted by Gasteiger charge is 2.27. The molecule has 19 heavy (non-hydrogen) atoms. The van der Waals surface area contributed by atoms with Gasteiger partial charge in [-0.3, -0.25) is 10.1 Å². The summed E-state index contributed by atoms with van der Waals surface area (Å²) < 4.78 is 0. The zero-order valence-electron chi connectivity index (χ0n) is 11.7. The van der Waals surface area contributed by atoms with Crippen LogP contribution in [0.1, 0.15) is 32.1 Å². The third-order valence-electron chi connectivity index (χ3n) is 4.03. The zero-order chi connectivity index (χ0) is 13.7. The maximum atomic E-state index is 11.7. The molecule has 0 spiro atoms. The summed E-state index contributed by atoms with van der Waals surface area (Å²) in [6.07, 6.45) is 5.33. The monoisotopic (exact) mass is 264 g/mol. The molecule has 2 atom stereocenters. The van der Waals surface area contributed by atoms with E-state index in [1.165, 1.54) is 12.8 Å². The molecule has 2 fully saturated rings. The van der Waals surface area contributed by atoms with Crippen molar-refractivity contribution in [3.63, 3.8) is 0 Å². The molecule has 5 nitrogen and oxygen atoms in total. The van der Waals surface area contributed by atoms with E-state index in [2.05, 4.69) is 21.6 Å². The van der Waals surface area contributed by atoms with Crippen LogP contribution >= 0.6 is 0 Å². The van der Waals surface area contributed by atoms with Gasteiger partial charge in [-0.05, 0) is 38.6 Å². The minimum Gasteiger partial charge on any atom is -0.359 e. The molecule has 1 aliphatic carbocycles. The van der Waals surface area contributed by atoms with E-state index in [-0.39, 0.29) is 17.9 Å². The molecule has 0 radical (unpaired) electrons. The second-order valence-electron chi connectivity index (χ2n) is 5.67. The van der Waals surface area contributed by atoms with Gasteiger partial charge >= 0.3 is 0 Å². The predicted octanol–water partition coefficient (Wildman–Crippen LogP) is 0.479. The molecule has 2 unspecified atom stereocenters. The molecule has 1 aliphatic heterocycles. The number of likely N-dealkylation sites (tertiary alicyclic amines) is 1. The van der Waals surface area contributed by atoms with E-state index >= 15 is 0 Å². The Bertz CT molecular complexity index is 348. The number of nitrogens with one attached hydrogen (secondary N) is 2. The van der Waals surface area contributed by atoms with Crippen LogP contribution in [0.2, 0.25) is 0 Å². The first kappa shape index (κ1) is 14.3. The first-order valence-electron chi connectivity index (χ1n) is 7.32. The van der Waals surface area contributed by atoms with Gasteiger partial charge in [-0.1, -0.05) is 0 Å².